The minimum Gasteiger partial charge on any atom is -0.465 e. The molecule has 0 radical (unpaired) electrons. The van der Waals surface area contributed by atoms with Crippen molar-refractivity contribution < 1.29 is 14.3 Å². The van der Waals surface area contributed by atoms with Gasteiger partial charge in [-0.1, -0.05) is 25.7 Å². The third-order valence-electron chi connectivity index (χ3n) is 4.73. The Kier molecular flexibility index (Phi) is 5.27. The van der Waals surface area contributed by atoms with Gasteiger partial charge in [0.15, 0.2) is 0 Å². The Balaban J connectivity index is 2.23. The number of hydrogen-bond donors (Lipinski definition) is 1. The van der Waals surface area contributed by atoms with Crippen LogP contribution in [0.2, 0.25) is 0 Å². The smallest absolute Gasteiger partial charge is 0.339 e. The number of nitrogens with one attached hydrogen (secondary N) is 1. The van der Waals surface area contributed by atoms with Crippen molar-refractivity contribution >= 4 is 11.9 Å². The van der Waals surface area contributed by atoms with Crippen LogP contribution in [0.3, 0.4) is 0 Å². The van der Waals surface area contributed by atoms with Crippen molar-refractivity contribution in [3.63, 3.8) is 0 Å². The number of nitrogens with zero attached hydrogens (tertiary/aromatic N) is 1. The third kappa shape index (κ3) is 3.18. The first kappa shape index (κ1) is 16.6. The molecule has 2 rings (SSSR count). The van der Waals surface area contributed by atoms with E-state index in [1.165, 1.54) is 32.8 Å². The molecule has 0 bridgehead atoms. The lowest BCUT2D eigenvalue weighted by Gasteiger charge is -2.27. The molecular formula is C17H26N2O3. The molecular weight excluding hydrogens is 280 g/mol. The van der Waals surface area contributed by atoms with Crippen molar-refractivity contribution in [2.24, 2.45) is 0 Å². The van der Waals surface area contributed by atoms with E-state index in [0.717, 1.165) is 12.8 Å². The zero-order chi connectivity index (χ0) is 16.3. The lowest BCUT2D eigenvalue weighted by molar-refractivity contribution is 0.0599. The molecule has 0 spiro atoms. The number of hydrogen-bond acceptors (Lipinski definition) is 3. The number of carbonyl (C=O) groups is 2. The SMILES string of the molecule is COC(=O)c1c(C)[nH]c(C(=O)N(C)C2CCCCCC2)c1C. The molecule has 0 unspecified atom stereocenters. The van der Waals surface area contributed by atoms with Gasteiger partial charge in [-0.05, 0) is 32.3 Å². The molecule has 0 aliphatic heterocycles. The fourth-order valence-corrected chi connectivity index (χ4v) is 3.36. The zero-order valence-electron chi connectivity index (χ0n) is 14.0. The second-order valence-corrected chi connectivity index (χ2v) is 6.18. The Hall–Kier alpha value is -1.78. The van der Waals surface area contributed by atoms with Gasteiger partial charge in [-0.3, -0.25) is 4.79 Å². The first-order valence-electron chi connectivity index (χ1n) is 8.02. The van der Waals surface area contributed by atoms with Crippen LogP contribution in [-0.4, -0.2) is 42.0 Å². The van der Waals surface area contributed by atoms with E-state index in [2.05, 4.69) is 4.98 Å². The summed E-state index contributed by atoms with van der Waals surface area (Å²) in [6.45, 7) is 3.59. The maximum absolute atomic E-state index is 12.8. The van der Waals surface area contributed by atoms with Gasteiger partial charge in [-0.15, -0.1) is 0 Å². The summed E-state index contributed by atoms with van der Waals surface area (Å²) in [4.78, 5) is 29.5. The summed E-state index contributed by atoms with van der Waals surface area (Å²) in [6, 6.07) is 0.291. The lowest BCUT2D eigenvalue weighted by Crippen LogP contribution is -2.37. The van der Waals surface area contributed by atoms with Gasteiger partial charge in [0.1, 0.15) is 5.69 Å². The molecule has 1 fully saturated rings. The van der Waals surface area contributed by atoms with Crippen molar-refractivity contribution in [1.82, 2.24) is 9.88 Å². The molecule has 1 saturated carbocycles. The fraction of sp³-hybridized carbons (Fsp3) is 0.647. The van der Waals surface area contributed by atoms with E-state index in [9.17, 15) is 9.59 Å². The van der Waals surface area contributed by atoms with Gasteiger partial charge in [-0.25, -0.2) is 4.79 Å². The second-order valence-electron chi connectivity index (χ2n) is 6.18. The van der Waals surface area contributed by atoms with E-state index in [1.54, 1.807) is 13.8 Å². The summed E-state index contributed by atoms with van der Waals surface area (Å²) in [6.07, 6.45) is 6.99. The summed E-state index contributed by atoms with van der Waals surface area (Å²) in [5, 5.41) is 0. The van der Waals surface area contributed by atoms with Crippen LogP contribution in [-0.2, 0) is 4.74 Å². The molecule has 1 aromatic heterocycles. The largest absolute Gasteiger partial charge is 0.465 e. The quantitative estimate of drug-likeness (QED) is 0.689. The van der Waals surface area contributed by atoms with Crippen molar-refractivity contribution in [1.29, 1.82) is 0 Å². The van der Waals surface area contributed by atoms with Crippen LogP contribution in [0.15, 0.2) is 0 Å². The predicted octanol–water partition coefficient (Wildman–Crippen LogP) is 3.21. The van der Waals surface area contributed by atoms with Crippen LogP contribution in [0.25, 0.3) is 0 Å². The third-order valence-corrected chi connectivity index (χ3v) is 4.73. The average molecular weight is 306 g/mol. The van der Waals surface area contributed by atoms with Gasteiger partial charge >= 0.3 is 5.97 Å². The van der Waals surface area contributed by atoms with Crippen molar-refractivity contribution in [3.8, 4) is 0 Å². The van der Waals surface area contributed by atoms with E-state index in [4.69, 9.17) is 4.74 Å². The van der Waals surface area contributed by atoms with Gasteiger partial charge in [0, 0.05) is 18.8 Å². The number of aryl methyl sites for hydroxylation is 1. The van der Waals surface area contributed by atoms with E-state index in [0.29, 0.717) is 28.6 Å². The highest BCUT2D eigenvalue weighted by Crippen LogP contribution is 2.25. The Morgan fingerprint density at radius 3 is 2.27 bits per heavy atom. The molecule has 0 saturated heterocycles. The van der Waals surface area contributed by atoms with Crippen LogP contribution >= 0.6 is 0 Å². The molecule has 0 aromatic carbocycles. The van der Waals surface area contributed by atoms with Crippen molar-refractivity contribution in [2.75, 3.05) is 14.2 Å². The summed E-state index contributed by atoms with van der Waals surface area (Å²) in [5.41, 5.74) is 2.33. The Morgan fingerprint density at radius 2 is 1.73 bits per heavy atom. The second kappa shape index (κ2) is 6.99. The van der Waals surface area contributed by atoms with Gasteiger partial charge in [0.25, 0.3) is 5.91 Å². The number of esters is 1. The Morgan fingerprint density at radius 1 is 1.14 bits per heavy atom. The van der Waals surface area contributed by atoms with Gasteiger partial charge in [0.2, 0.25) is 0 Å². The lowest BCUT2D eigenvalue weighted by atomic mass is 10.1. The molecule has 1 aromatic rings. The highest BCUT2D eigenvalue weighted by molar-refractivity contribution is 6.00. The molecule has 22 heavy (non-hydrogen) atoms. The van der Waals surface area contributed by atoms with E-state index >= 15 is 0 Å². The highest BCUT2D eigenvalue weighted by Gasteiger charge is 2.27. The maximum atomic E-state index is 12.8. The topological polar surface area (TPSA) is 62.4 Å². The Bertz CT molecular complexity index is 554. The summed E-state index contributed by atoms with van der Waals surface area (Å²) in [5.74, 6) is -0.440. The first-order valence-corrected chi connectivity index (χ1v) is 8.02. The van der Waals surface area contributed by atoms with E-state index in [-0.39, 0.29) is 5.91 Å². The zero-order valence-corrected chi connectivity index (χ0v) is 14.0. The van der Waals surface area contributed by atoms with E-state index in [1.807, 2.05) is 11.9 Å². The highest BCUT2D eigenvalue weighted by atomic mass is 16.5. The number of H-pyrrole nitrogens is 1. The monoisotopic (exact) mass is 306 g/mol. The molecule has 1 aliphatic carbocycles. The number of aromatic amines is 1. The number of rotatable bonds is 3. The number of aromatic nitrogens is 1. The van der Waals surface area contributed by atoms with Gasteiger partial charge in [0.05, 0.1) is 12.7 Å². The number of ether oxygens (including phenoxy) is 1. The van der Waals surface area contributed by atoms with Crippen LogP contribution in [0.1, 0.15) is 70.6 Å². The minimum absolute atomic E-state index is 0.0392. The molecule has 122 valence electrons. The van der Waals surface area contributed by atoms with E-state index < -0.39 is 5.97 Å². The van der Waals surface area contributed by atoms with Crippen molar-refractivity contribution in [2.45, 2.75) is 58.4 Å². The molecule has 0 atom stereocenters. The minimum atomic E-state index is -0.401. The summed E-state index contributed by atoms with van der Waals surface area (Å²) >= 11 is 0. The summed E-state index contributed by atoms with van der Waals surface area (Å²) < 4.78 is 4.80. The fourth-order valence-electron chi connectivity index (χ4n) is 3.36. The molecule has 5 heteroatoms. The standard InChI is InChI=1S/C17H26N2O3/c1-11-14(17(21)22-4)12(2)18-15(11)16(20)19(3)13-9-7-5-6-8-10-13/h13,18H,5-10H2,1-4H3. The average Bonchev–Trinajstić information content (AvgIpc) is 2.72. The van der Waals surface area contributed by atoms with Crippen LogP contribution in [0.5, 0.6) is 0 Å². The molecule has 5 nitrogen and oxygen atoms in total. The number of carbonyl (C=O) groups excluding carboxylic acids is 2. The maximum Gasteiger partial charge on any atom is 0.339 e. The van der Waals surface area contributed by atoms with Gasteiger partial charge < -0.3 is 14.6 Å². The summed E-state index contributed by atoms with van der Waals surface area (Å²) in [7, 11) is 3.22. The number of methoxy groups -OCH3 is 1. The molecule has 1 N–H and O–H groups in total. The van der Waals surface area contributed by atoms with Gasteiger partial charge in [-0.2, -0.15) is 0 Å². The first-order chi connectivity index (χ1) is 10.5. The molecule has 1 amide bonds. The number of amides is 1. The van der Waals surface area contributed by atoms with Crippen LogP contribution < -0.4 is 0 Å². The van der Waals surface area contributed by atoms with Crippen LogP contribution in [0, 0.1) is 13.8 Å². The normalized spacial score (nSPS) is 16.2. The predicted molar refractivity (Wildman–Crippen MR) is 85.2 cm³/mol. The van der Waals surface area contributed by atoms with Crippen LogP contribution in [0.4, 0.5) is 0 Å². The van der Waals surface area contributed by atoms with Crippen molar-refractivity contribution in [3.05, 3.63) is 22.5 Å². The molecule has 1 aliphatic rings. The molecule has 1 heterocycles. The Labute approximate surface area is 132 Å².